The van der Waals surface area contributed by atoms with Crippen molar-refractivity contribution in [3.63, 3.8) is 0 Å². The Kier molecular flexibility index (Phi) is 4.77. The Bertz CT molecular complexity index is 883. The van der Waals surface area contributed by atoms with E-state index in [1.165, 1.54) is 11.3 Å². The molecular formula is C20H21FO3S. The number of fused-ring (bicyclic) bond motifs is 3. The van der Waals surface area contributed by atoms with Crippen molar-refractivity contribution in [2.45, 2.75) is 32.3 Å². The van der Waals surface area contributed by atoms with Crippen LogP contribution in [0.3, 0.4) is 0 Å². The maximum atomic E-state index is 14.7. The van der Waals surface area contributed by atoms with Crippen LogP contribution >= 0.6 is 11.3 Å². The fourth-order valence-corrected chi connectivity index (χ4v) is 4.31. The molecule has 2 aromatic carbocycles. The molecule has 0 N–H and O–H groups in total. The summed E-state index contributed by atoms with van der Waals surface area (Å²) in [5, 5.41) is 1.97. The Balaban J connectivity index is 1.63. The predicted molar refractivity (Wildman–Crippen MR) is 99.5 cm³/mol. The summed E-state index contributed by atoms with van der Waals surface area (Å²) in [5.41, 5.74) is 0. The molecule has 0 saturated carbocycles. The molecule has 0 spiro atoms. The zero-order valence-electron chi connectivity index (χ0n) is 14.2. The van der Waals surface area contributed by atoms with E-state index < -0.39 is 0 Å². The Morgan fingerprint density at radius 1 is 1.20 bits per heavy atom. The number of benzene rings is 2. The van der Waals surface area contributed by atoms with Gasteiger partial charge in [-0.05, 0) is 49.6 Å². The molecule has 132 valence electrons. The first-order chi connectivity index (χ1) is 12.3. The maximum Gasteiger partial charge on any atom is 0.182 e. The zero-order valence-corrected chi connectivity index (χ0v) is 15.0. The van der Waals surface area contributed by atoms with Gasteiger partial charge in [-0.3, -0.25) is 0 Å². The SMILES string of the molecule is CCCOc1ccc2c(sc3cc(OCC4CCCO4)ccc32)c1F. The van der Waals surface area contributed by atoms with Crippen molar-refractivity contribution >= 4 is 31.5 Å². The molecule has 0 amide bonds. The highest BCUT2D eigenvalue weighted by atomic mass is 32.1. The normalized spacial score (nSPS) is 17.4. The summed E-state index contributed by atoms with van der Waals surface area (Å²) in [6, 6.07) is 9.60. The molecule has 1 fully saturated rings. The van der Waals surface area contributed by atoms with Gasteiger partial charge in [-0.15, -0.1) is 11.3 Å². The lowest BCUT2D eigenvalue weighted by Crippen LogP contribution is -2.16. The van der Waals surface area contributed by atoms with Crippen LogP contribution < -0.4 is 9.47 Å². The summed E-state index contributed by atoms with van der Waals surface area (Å²) < 4.78 is 33.3. The van der Waals surface area contributed by atoms with E-state index in [0.29, 0.717) is 23.7 Å². The molecule has 3 aromatic rings. The van der Waals surface area contributed by atoms with Gasteiger partial charge in [0.15, 0.2) is 11.6 Å². The second kappa shape index (κ2) is 7.18. The number of hydrogen-bond donors (Lipinski definition) is 0. The molecule has 1 aromatic heterocycles. The van der Waals surface area contributed by atoms with E-state index in [2.05, 4.69) is 0 Å². The van der Waals surface area contributed by atoms with E-state index in [4.69, 9.17) is 14.2 Å². The average molecular weight is 360 g/mol. The molecule has 0 aliphatic carbocycles. The minimum absolute atomic E-state index is 0.189. The lowest BCUT2D eigenvalue weighted by atomic mass is 10.1. The molecule has 1 atom stereocenters. The first-order valence-electron chi connectivity index (χ1n) is 8.78. The van der Waals surface area contributed by atoms with Gasteiger partial charge in [0, 0.05) is 22.1 Å². The minimum Gasteiger partial charge on any atom is -0.491 e. The van der Waals surface area contributed by atoms with Gasteiger partial charge < -0.3 is 14.2 Å². The molecule has 1 saturated heterocycles. The molecule has 1 aliphatic heterocycles. The van der Waals surface area contributed by atoms with E-state index in [-0.39, 0.29) is 11.9 Å². The van der Waals surface area contributed by atoms with E-state index in [1.807, 2.05) is 31.2 Å². The second-order valence-electron chi connectivity index (χ2n) is 6.31. The van der Waals surface area contributed by atoms with Crippen LogP contribution in [-0.2, 0) is 4.74 Å². The molecule has 5 heteroatoms. The van der Waals surface area contributed by atoms with E-state index in [9.17, 15) is 4.39 Å². The van der Waals surface area contributed by atoms with E-state index in [0.717, 1.165) is 47.1 Å². The van der Waals surface area contributed by atoms with E-state index in [1.54, 1.807) is 6.07 Å². The lowest BCUT2D eigenvalue weighted by molar-refractivity contribution is 0.0680. The summed E-state index contributed by atoms with van der Waals surface area (Å²) in [7, 11) is 0. The first kappa shape index (κ1) is 16.6. The molecular weight excluding hydrogens is 339 g/mol. The summed E-state index contributed by atoms with van der Waals surface area (Å²) >= 11 is 1.44. The topological polar surface area (TPSA) is 27.7 Å². The fraction of sp³-hybridized carbons (Fsp3) is 0.400. The molecule has 25 heavy (non-hydrogen) atoms. The fourth-order valence-electron chi connectivity index (χ4n) is 3.15. The maximum absolute atomic E-state index is 14.7. The van der Waals surface area contributed by atoms with Gasteiger partial charge >= 0.3 is 0 Å². The van der Waals surface area contributed by atoms with Crippen LogP contribution in [0, 0.1) is 5.82 Å². The van der Waals surface area contributed by atoms with Crippen LogP contribution in [0.2, 0.25) is 0 Å². The molecule has 1 aliphatic rings. The van der Waals surface area contributed by atoms with Crippen LogP contribution in [-0.4, -0.2) is 25.9 Å². The van der Waals surface area contributed by atoms with Gasteiger partial charge in [0.2, 0.25) is 0 Å². The van der Waals surface area contributed by atoms with Gasteiger partial charge in [-0.2, -0.15) is 0 Å². The summed E-state index contributed by atoms with van der Waals surface area (Å²) in [4.78, 5) is 0. The van der Waals surface area contributed by atoms with Gasteiger partial charge in [0.05, 0.1) is 17.4 Å². The van der Waals surface area contributed by atoms with Crippen LogP contribution in [0.4, 0.5) is 4.39 Å². The Labute approximate surface area is 150 Å². The Hall–Kier alpha value is -1.85. The van der Waals surface area contributed by atoms with Crippen molar-refractivity contribution in [1.29, 1.82) is 0 Å². The van der Waals surface area contributed by atoms with Gasteiger partial charge in [-0.25, -0.2) is 4.39 Å². The van der Waals surface area contributed by atoms with Crippen molar-refractivity contribution in [1.82, 2.24) is 0 Å². The minimum atomic E-state index is -0.269. The summed E-state index contributed by atoms with van der Waals surface area (Å²) in [6.45, 7) is 3.92. The number of ether oxygens (including phenoxy) is 3. The van der Waals surface area contributed by atoms with Crippen molar-refractivity contribution < 1.29 is 18.6 Å². The highest BCUT2D eigenvalue weighted by Gasteiger charge is 2.17. The summed E-state index contributed by atoms with van der Waals surface area (Å²) in [6.07, 6.45) is 3.20. The quantitative estimate of drug-likeness (QED) is 0.578. The number of rotatable bonds is 6. The Morgan fingerprint density at radius 2 is 2.08 bits per heavy atom. The second-order valence-corrected chi connectivity index (χ2v) is 7.36. The number of hydrogen-bond acceptors (Lipinski definition) is 4. The molecule has 3 nitrogen and oxygen atoms in total. The number of halogens is 1. The molecule has 0 radical (unpaired) electrons. The monoisotopic (exact) mass is 360 g/mol. The van der Waals surface area contributed by atoms with Crippen molar-refractivity contribution in [2.75, 3.05) is 19.8 Å². The molecule has 4 rings (SSSR count). The van der Waals surface area contributed by atoms with Crippen LogP contribution in [0.25, 0.3) is 20.2 Å². The lowest BCUT2D eigenvalue weighted by Gasteiger charge is -2.11. The predicted octanol–water partition coefficient (Wildman–Crippen LogP) is 5.54. The standard InChI is InChI=1S/C20H21FO3S/c1-2-9-23-17-8-7-16-15-6-5-13(24-12-14-4-3-10-22-14)11-18(15)25-20(16)19(17)21/h5-8,11,14H,2-4,9-10,12H2,1H3. The highest BCUT2D eigenvalue weighted by Crippen LogP contribution is 2.39. The molecule has 2 heterocycles. The van der Waals surface area contributed by atoms with Crippen molar-refractivity contribution in [2.24, 2.45) is 0 Å². The highest BCUT2D eigenvalue weighted by molar-refractivity contribution is 7.25. The van der Waals surface area contributed by atoms with Crippen LogP contribution in [0.5, 0.6) is 11.5 Å². The van der Waals surface area contributed by atoms with Crippen molar-refractivity contribution in [3.05, 3.63) is 36.1 Å². The third-order valence-corrected chi connectivity index (χ3v) is 5.60. The van der Waals surface area contributed by atoms with Gasteiger partial charge in [0.25, 0.3) is 0 Å². The first-order valence-corrected chi connectivity index (χ1v) is 9.60. The smallest absolute Gasteiger partial charge is 0.182 e. The zero-order chi connectivity index (χ0) is 17.2. The largest absolute Gasteiger partial charge is 0.491 e. The van der Waals surface area contributed by atoms with Crippen LogP contribution in [0.1, 0.15) is 26.2 Å². The van der Waals surface area contributed by atoms with Gasteiger partial charge in [0.1, 0.15) is 12.4 Å². The molecule has 0 bridgehead atoms. The van der Waals surface area contributed by atoms with Crippen LogP contribution in [0.15, 0.2) is 30.3 Å². The average Bonchev–Trinajstić information content (AvgIpc) is 3.27. The number of thiophene rings is 1. The van der Waals surface area contributed by atoms with Crippen molar-refractivity contribution in [3.8, 4) is 11.5 Å². The third kappa shape index (κ3) is 3.31. The van der Waals surface area contributed by atoms with Gasteiger partial charge in [-0.1, -0.05) is 6.92 Å². The third-order valence-electron chi connectivity index (χ3n) is 4.44. The molecule has 1 unspecified atom stereocenters. The Morgan fingerprint density at radius 3 is 2.88 bits per heavy atom. The van der Waals surface area contributed by atoms with E-state index >= 15 is 0 Å². The summed E-state index contributed by atoms with van der Waals surface area (Å²) in [5.74, 6) is 0.863.